The van der Waals surface area contributed by atoms with Gasteiger partial charge in [-0.1, -0.05) is 168 Å². The van der Waals surface area contributed by atoms with Gasteiger partial charge in [-0.05, 0) is 55.9 Å². The highest BCUT2D eigenvalue weighted by molar-refractivity contribution is 9.10. The molecule has 0 aliphatic carbocycles. The third-order valence-corrected chi connectivity index (χ3v) is 8.89. The molecular formula is C42H27BrO. The second-order valence-electron chi connectivity index (χ2n) is 11.0. The lowest BCUT2D eigenvalue weighted by molar-refractivity contribution is 0.600. The Morgan fingerprint density at radius 3 is 1.11 bits per heavy atom. The molecule has 0 atom stereocenters. The Labute approximate surface area is 265 Å². The Hall–Kier alpha value is -5.18. The van der Waals surface area contributed by atoms with Crippen molar-refractivity contribution in [2.24, 2.45) is 0 Å². The van der Waals surface area contributed by atoms with E-state index in [0.29, 0.717) is 0 Å². The molecule has 7 aromatic carbocycles. The van der Waals surface area contributed by atoms with Crippen LogP contribution in [0.15, 0.2) is 173 Å². The first-order valence-electron chi connectivity index (χ1n) is 14.8. The summed E-state index contributed by atoms with van der Waals surface area (Å²) in [6.45, 7) is 0. The highest BCUT2D eigenvalue weighted by Gasteiger charge is 2.28. The first-order valence-corrected chi connectivity index (χ1v) is 15.6. The van der Waals surface area contributed by atoms with E-state index in [0.717, 1.165) is 60.1 Å². The smallest absolute Gasteiger partial charge is 0.144 e. The molecule has 0 N–H and O–H groups in total. The van der Waals surface area contributed by atoms with Gasteiger partial charge in [0.25, 0.3) is 0 Å². The molecule has 1 heterocycles. The van der Waals surface area contributed by atoms with Crippen LogP contribution in [-0.4, -0.2) is 0 Å². The van der Waals surface area contributed by atoms with Gasteiger partial charge in [-0.15, -0.1) is 0 Å². The molecule has 0 saturated carbocycles. The molecule has 0 radical (unpaired) electrons. The van der Waals surface area contributed by atoms with Gasteiger partial charge in [0.1, 0.15) is 11.5 Å². The molecule has 0 unspecified atom stereocenters. The van der Waals surface area contributed by atoms with Gasteiger partial charge < -0.3 is 4.42 Å². The number of hydrogen-bond donors (Lipinski definition) is 0. The van der Waals surface area contributed by atoms with Crippen molar-refractivity contribution in [3.8, 4) is 56.0 Å². The number of benzene rings is 7. The molecule has 0 saturated heterocycles. The first kappa shape index (κ1) is 26.4. The van der Waals surface area contributed by atoms with Crippen molar-refractivity contribution in [3.05, 3.63) is 168 Å². The standard InChI is InChI=1S/C42H27BrO/c43-32-26-24-31(25-27-32)41-38(29-16-6-2-7-17-29)39(30-18-8-3-9-19-30)42(44-41)40-35-22-12-10-20-33(35)37(28-14-4-1-5-15-28)34-21-11-13-23-36(34)40/h1-27H. The average Bonchev–Trinajstić information content (AvgIpc) is 3.48. The van der Waals surface area contributed by atoms with Crippen molar-refractivity contribution >= 4 is 37.5 Å². The monoisotopic (exact) mass is 626 g/mol. The lowest BCUT2D eigenvalue weighted by Gasteiger charge is -2.17. The van der Waals surface area contributed by atoms with Gasteiger partial charge in [0.05, 0.1) is 0 Å². The number of hydrogen-bond acceptors (Lipinski definition) is 1. The SMILES string of the molecule is Brc1ccc(-c2oc(-c3c4ccccc4c(-c4ccccc4)c4ccccc34)c(-c3ccccc3)c2-c2ccccc2)cc1. The van der Waals surface area contributed by atoms with Crippen molar-refractivity contribution in [2.75, 3.05) is 0 Å². The molecule has 8 rings (SSSR count). The topological polar surface area (TPSA) is 13.1 Å². The van der Waals surface area contributed by atoms with Crippen LogP contribution in [-0.2, 0) is 0 Å². The Bertz CT molecular complexity index is 2190. The minimum absolute atomic E-state index is 0.859. The summed E-state index contributed by atoms with van der Waals surface area (Å²) in [6, 6.07) is 57.9. The normalized spacial score (nSPS) is 11.3. The lowest BCUT2D eigenvalue weighted by Crippen LogP contribution is -1.91. The van der Waals surface area contributed by atoms with Gasteiger partial charge >= 0.3 is 0 Å². The van der Waals surface area contributed by atoms with Crippen molar-refractivity contribution in [1.82, 2.24) is 0 Å². The molecule has 1 aromatic heterocycles. The van der Waals surface area contributed by atoms with Gasteiger partial charge in [-0.3, -0.25) is 0 Å². The number of rotatable bonds is 5. The fraction of sp³-hybridized carbons (Fsp3) is 0. The summed E-state index contributed by atoms with van der Waals surface area (Å²) in [5.41, 5.74) is 9.01. The Morgan fingerprint density at radius 2 is 0.659 bits per heavy atom. The van der Waals surface area contributed by atoms with Gasteiger partial charge in [0, 0.05) is 26.7 Å². The summed E-state index contributed by atoms with van der Waals surface area (Å²) in [5.74, 6) is 1.73. The molecule has 0 spiro atoms. The highest BCUT2D eigenvalue weighted by Crippen LogP contribution is 2.52. The number of fused-ring (bicyclic) bond motifs is 2. The zero-order valence-electron chi connectivity index (χ0n) is 23.9. The van der Waals surface area contributed by atoms with Crippen LogP contribution in [0.4, 0.5) is 0 Å². The minimum atomic E-state index is 0.859. The molecule has 208 valence electrons. The Morgan fingerprint density at radius 1 is 0.295 bits per heavy atom. The van der Waals surface area contributed by atoms with Gasteiger partial charge in [-0.2, -0.15) is 0 Å². The molecule has 0 aliphatic rings. The first-order chi connectivity index (χ1) is 21.8. The summed E-state index contributed by atoms with van der Waals surface area (Å²) in [7, 11) is 0. The van der Waals surface area contributed by atoms with Gasteiger partial charge in [-0.25, -0.2) is 0 Å². The maximum absolute atomic E-state index is 7.21. The zero-order valence-corrected chi connectivity index (χ0v) is 25.5. The van der Waals surface area contributed by atoms with Crippen LogP contribution >= 0.6 is 15.9 Å². The van der Waals surface area contributed by atoms with E-state index in [9.17, 15) is 0 Å². The van der Waals surface area contributed by atoms with Crippen LogP contribution in [0.1, 0.15) is 0 Å². The van der Waals surface area contributed by atoms with E-state index >= 15 is 0 Å². The highest BCUT2D eigenvalue weighted by atomic mass is 79.9. The molecule has 2 heteroatoms. The molecular weight excluding hydrogens is 600 g/mol. The minimum Gasteiger partial charge on any atom is -0.455 e. The maximum atomic E-state index is 7.21. The molecule has 0 bridgehead atoms. The second kappa shape index (κ2) is 11.1. The van der Waals surface area contributed by atoms with Crippen LogP contribution in [0.25, 0.3) is 77.6 Å². The van der Waals surface area contributed by atoms with Crippen LogP contribution < -0.4 is 0 Å². The fourth-order valence-corrected chi connectivity index (χ4v) is 6.73. The van der Waals surface area contributed by atoms with Crippen LogP contribution in [0.2, 0.25) is 0 Å². The van der Waals surface area contributed by atoms with Crippen molar-refractivity contribution in [3.63, 3.8) is 0 Å². The molecule has 44 heavy (non-hydrogen) atoms. The van der Waals surface area contributed by atoms with E-state index in [2.05, 4.69) is 180 Å². The Kier molecular flexibility index (Phi) is 6.70. The van der Waals surface area contributed by atoms with Crippen molar-refractivity contribution < 1.29 is 4.42 Å². The second-order valence-corrected chi connectivity index (χ2v) is 11.9. The van der Waals surface area contributed by atoms with Crippen molar-refractivity contribution in [2.45, 2.75) is 0 Å². The maximum Gasteiger partial charge on any atom is 0.144 e. The summed E-state index contributed by atoms with van der Waals surface area (Å²) in [5, 5.41) is 4.74. The largest absolute Gasteiger partial charge is 0.455 e. The lowest BCUT2D eigenvalue weighted by atomic mass is 9.85. The predicted octanol–water partition coefficient (Wildman–Crippen LogP) is 12.7. The van der Waals surface area contributed by atoms with Crippen molar-refractivity contribution in [1.29, 1.82) is 0 Å². The third-order valence-electron chi connectivity index (χ3n) is 8.36. The summed E-state index contributed by atoms with van der Waals surface area (Å²) in [4.78, 5) is 0. The average molecular weight is 628 g/mol. The quantitative estimate of drug-likeness (QED) is 0.173. The molecule has 0 amide bonds. The number of furan rings is 1. The van der Waals surface area contributed by atoms with Gasteiger partial charge in [0.2, 0.25) is 0 Å². The summed E-state index contributed by atoms with van der Waals surface area (Å²) >= 11 is 3.62. The number of halogens is 1. The van der Waals surface area contributed by atoms with Crippen LogP contribution in [0.5, 0.6) is 0 Å². The Balaban J connectivity index is 1.56. The van der Waals surface area contributed by atoms with E-state index in [4.69, 9.17) is 4.42 Å². The summed E-state index contributed by atoms with van der Waals surface area (Å²) in [6.07, 6.45) is 0. The molecule has 1 nitrogen and oxygen atoms in total. The van der Waals surface area contributed by atoms with E-state index < -0.39 is 0 Å². The fourth-order valence-electron chi connectivity index (χ4n) is 6.46. The van der Waals surface area contributed by atoms with Gasteiger partial charge in [0.15, 0.2) is 0 Å². The molecule has 0 aliphatic heterocycles. The van der Waals surface area contributed by atoms with Crippen LogP contribution in [0, 0.1) is 0 Å². The molecule has 8 aromatic rings. The van der Waals surface area contributed by atoms with E-state index in [1.165, 1.54) is 21.9 Å². The summed E-state index contributed by atoms with van der Waals surface area (Å²) < 4.78 is 8.25. The molecule has 0 fully saturated rings. The third kappa shape index (κ3) is 4.47. The predicted molar refractivity (Wildman–Crippen MR) is 189 cm³/mol. The van der Waals surface area contributed by atoms with E-state index in [1.807, 2.05) is 0 Å². The van der Waals surface area contributed by atoms with Crippen LogP contribution in [0.3, 0.4) is 0 Å². The zero-order chi connectivity index (χ0) is 29.5. The van der Waals surface area contributed by atoms with E-state index in [-0.39, 0.29) is 0 Å². The van der Waals surface area contributed by atoms with E-state index in [1.54, 1.807) is 0 Å².